The second kappa shape index (κ2) is 5.49. The smallest absolute Gasteiger partial charge is 0.258 e. The van der Waals surface area contributed by atoms with Crippen molar-refractivity contribution in [3.8, 4) is 0 Å². The number of rotatable bonds is 3. The zero-order valence-electron chi connectivity index (χ0n) is 13.5. The van der Waals surface area contributed by atoms with Gasteiger partial charge in [0.25, 0.3) is 5.91 Å². The Hall–Kier alpha value is -2.59. The molecule has 2 aromatic rings. The van der Waals surface area contributed by atoms with E-state index in [0.29, 0.717) is 12.1 Å². The van der Waals surface area contributed by atoms with E-state index in [2.05, 4.69) is 6.58 Å². The number of carbonyl (C=O) groups is 1. The van der Waals surface area contributed by atoms with Crippen LogP contribution in [0.4, 0.5) is 0 Å². The molecule has 2 aromatic carbocycles. The predicted octanol–water partition coefficient (Wildman–Crippen LogP) is 3.19. The number of amides is 1. The van der Waals surface area contributed by atoms with Crippen LogP contribution in [0.5, 0.6) is 0 Å². The highest BCUT2D eigenvalue weighted by atomic mass is 16.3. The van der Waals surface area contributed by atoms with Gasteiger partial charge in [0.05, 0.1) is 0 Å². The van der Waals surface area contributed by atoms with Gasteiger partial charge in [-0.3, -0.25) is 9.69 Å². The Balaban J connectivity index is 2.03. The topological polar surface area (TPSA) is 43.8 Å². The van der Waals surface area contributed by atoms with Gasteiger partial charge in [-0.2, -0.15) is 0 Å². The van der Waals surface area contributed by atoms with Gasteiger partial charge in [0.2, 0.25) is 5.85 Å². The van der Waals surface area contributed by atoms with Crippen molar-refractivity contribution in [1.29, 1.82) is 0 Å². The Labute approximate surface area is 141 Å². The van der Waals surface area contributed by atoms with E-state index in [1.54, 1.807) is 6.08 Å². The molecule has 1 N–H and O–H groups in total. The summed E-state index contributed by atoms with van der Waals surface area (Å²) >= 11 is 0. The molecule has 2 aliphatic heterocycles. The molecule has 0 fully saturated rings. The van der Waals surface area contributed by atoms with Gasteiger partial charge in [0, 0.05) is 29.6 Å². The minimum atomic E-state index is -1.49. The van der Waals surface area contributed by atoms with Gasteiger partial charge < -0.3 is 10.0 Å². The summed E-state index contributed by atoms with van der Waals surface area (Å²) in [6.45, 7) is 4.75. The number of hydrogen-bond donors (Lipinski definition) is 1. The lowest BCUT2D eigenvalue weighted by atomic mass is 9.89. The molecule has 4 rings (SSSR count). The summed E-state index contributed by atoms with van der Waals surface area (Å²) in [6.07, 6.45) is 7.54. The average Bonchev–Trinajstić information content (AvgIpc) is 2.64. The van der Waals surface area contributed by atoms with Gasteiger partial charge in [-0.1, -0.05) is 42.5 Å². The highest BCUT2D eigenvalue weighted by molar-refractivity contribution is 6.10. The maximum absolute atomic E-state index is 13.1. The first-order valence-corrected chi connectivity index (χ1v) is 8.29. The lowest BCUT2D eigenvalue weighted by Crippen LogP contribution is -2.60. The molecule has 122 valence electrons. The SMILES string of the molecule is C=CCN1C(=O)c2cccc3cccc(c23)C1(O)N1C=CCCC1. The number of allylic oxidation sites excluding steroid dienone is 1. The normalized spacial score (nSPS) is 23.0. The minimum Gasteiger partial charge on any atom is -0.350 e. The van der Waals surface area contributed by atoms with E-state index in [1.165, 1.54) is 4.90 Å². The molecule has 24 heavy (non-hydrogen) atoms. The Kier molecular flexibility index (Phi) is 3.43. The number of benzene rings is 2. The summed E-state index contributed by atoms with van der Waals surface area (Å²) in [5, 5.41) is 13.6. The molecule has 0 radical (unpaired) electrons. The van der Waals surface area contributed by atoms with Gasteiger partial charge in [0.1, 0.15) is 0 Å². The van der Waals surface area contributed by atoms with E-state index in [1.807, 2.05) is 53.6 Å². The molecule has 1 unspecified atom stereocenters. The molecule has 0 aromatic heterocycles. The fourth-order valence-corrected chi connectivity index (χ4v) is 3.80. The molecule has 0 aliphatic carbocycles. The van der Waals surface area contributed by atoms with Gasteiger partial charge in [-0.25, -0.2) is 0 Å². The Morgan fingerprint density at radius 1 is 1.25 bits per heavy atom. The molecule has 2 heterocycles. The van der Waals surface area contributed by atoms with E-state index in [4.69, 9.17) is 0 Å². The summed E-state index contributed by atoms with van der Waals surface area (Å²) in [4.78, 5) is 16.5. The summed E-state index contributed by atoms with van der Waals surface area (Å²) in [6, 6.07) is 11.5. The number of nitrogens with zero attached hydrogens (tertiary/aromatic N) is 2. The van der Waals surface area contributed by atoms with Crippen LogP contribution in [-0.2, 0) is 5.85 Å². The number of hydrogen-bond acceptors (Lipinski definition) is 3. The molecule has 0 saturated heterocycles. The largest absolute Gasteiger partial charge is 0.350 e. The van der Waals surface area contributed by atoms with Crippen molar-refractivity contribution in [2.45, 2.75) is 18.7 Å². The first-order valence-electron chi connectivity index (χ1n) is 8.29. The van der Waals surface area contributed by atoms with Crippen molar-refractivity contribution in [2.24, 2.45) is 0 Å². The molecule has 0 saturated carbocycles. The summed E-state index contributed by atoms with van der Waals surface area (Å²) in [5.74, 6) is -1.66. The number of carbonyl (C=O) groups excluding carboxylic acids is 1. The second-order valence-corrected chi connectivity index (χ2v) is 6.27. The van der Waals surface area contributed by atoms with E-state index >= 15 is 0 Å². The Morgan fingerprint density at radius 3 is 2.75 bits per heavy atom. The van der Waals surface area contributed by atoms with E-state index in [-0.39, 0.29) is 12.5 Å². The maximum atomic E-state index is 13.1. The maximum Gasteiger partial charge on any atom is 0.258 e. The lowest BCUT2D eigenvalue weighted by molar-refractivity contribution is -0.187. The van der Waals surface area contributed by atoms with E-state index in [9.17, 15) is 9.90 Å². The standard InChI is InChI=1S/C20H20N2O2/c1-2-12-22-19(23)16-10-6-8-15-9-7-11-17(18(15)16)20(22,24)21-13-4-3-5-14-21/h2,4,6-11,13,24H,1,3,5,12,14H2. The van der Waals surface area contributed by atoms with Crippen molar-refractivity contribution >= 4 is 16.7 Å². The van der Waals surface area contributed by atoms with Gasteiger partial charge in [-0.15, -0.1) is 6.58 Å². The zero-order valence-corrected chi connectivity index (χ0v) is 13.5. The van der Waals surface area contributed by atoms with Crippen LogP contribution in [0.25, 0.3) is 10.8 Å². The molecule has 2 aliphatic rings. The van der Waals surface area contributed by atoms with E-state index < -0.39 is 5.85 Å². The lowest BCUT2D eigenvalue weighted by Gasteiger charge is -2.49. The van der Waals surface area contributed by atoms with Crippen LogP contribution in [0, 0.1) is 0 Å². The zero-order chi connectivity index (χ0) is 16.7. The third kappa shape index (κ3) is 1.93. The highest BCUT2D eigenvalue weighted by Crippen LogP contribution is 2.42. The van der Waals surface area contributed by atoms with Crippen molar-refractivity contribution < 1.29 is 9.90 Å². The van der Waals surface area contributed by atoms with Crippen molar-refractivity contribution in [3.05, 3.63) is 72.5 Å². The van der Waals surface area contributed by atoms with E-state index in [0.717, 1.165) is 29.2 Å². The highest BCUT2D eigenvalue weighted by Gasteiger charge is 2.48. The molecular weight excluding hydrogens is 300 g/mol. The van der Waals surface area contributed by atoms with Crippen molar-refractivity contribution in [3.63, 3.8) is 0 Å². The Morgan fingerprint density at radius 2 is 2.04 bits per heavy atom. The van der Waals surface area contributed by atoms with Crippen LogP contribution in [0.15, 0.2) is 61.3 Å². The molecule has 4 nitrogen and oxygen atoms in total. The molecule has 0 bridgehead atoms. The van der Waals surface area contributed by atoms with Crippen LogP contribution in [0.3, 0.4) is 0 Å². The number of aliphatic hydroxyl groups is 1. The first-order chi connectivity index (χ1) is 11.7. The monoisotopic (exact) mass is 320 g/mol. The van der Waals surface area contributed by atoms with Crippen LogP contribution >= 0.6 is 0 Å². The fourth-order valence-electron chi connectivity index (χ4n) is 3.80. The van der Waals surface area contributed by atoms with Gasteiger partial charge >= 0.3 is 0 Å². The first kappa shape index (κ1) is 15.0. The quantitative estimate of drug-likeness (QED) is 0.883. The molecule has 1 amide bonds. The molecule has 4 heteroatoms. The summed E-state index contributed by atoms with van der Waals surface area (Å²) in [5.41, 5.74) is 1.39. The third-order valence-corrected chi connectivity index (χ3v) is 4.89. The minimum absolute atomic E-state index is 0.166. The fraction of sp³-hybridized carbons (Fsp3) is 0.250. The van der Waals surface area contributed by atoms with Crippen LogP contribution < -0.4 is 0 Å². The molecule has 0 spiro atoms. The summed E-state index contributed by atoms with van der Waals surface area (Å²) in [7, 11) is 0. The molecular formula is C20H20N2O2. The third-order valence-electron chi connectivity index (χ3n) is 4.89. The summed E-state index contributed by atoms with van der Waals surface area (Å²) < 4.78 is 0. The van der Waals surface area contributed by atoms with Crippen LogP contribution in [-0.4, -0.2) is 33.9 Å². The second-order valence-electron chi connectivity index (χ2n) is 6.27. The van der Waals surface area contributed by atoms with Crippen molar-refractivity contribution in [1.82, 2.24) is 9.80 Å². The van der Waals surface area contributed by atoms with Gasteiger partial charge in [-0.05, 0) is 30.5 Å². The van der Waals surface area contributed by atoms with Gasteiger partial charge in [0.15, 0.2) is 0 Å². The van der Waals surface area contributed by atoms with Crippen LogP contribution in [0.2, 0.25) is 0 Å². The molecule has 1 atom stereocenters. The van der Waals surface area contributed by atoms with Crippen molar-refractivity contribution in [2.75, 3.05) is 13.1 Å². The Bertz CT molecular complexity index is 853. The van der Waals surface area contributed by atoms with Crippen LogP contribution in [0.1, 0.15) is 28.8 Å². The average molecular weight is 320 g/mol. The predicted molar refractivity (Wildman–Crippen MR) is 94.2 cm³/mol.